The number of aromatic nitrogens is 4. The Morgan fingerprint density at radius 1 is 1.13 bits per heavy atom. The molecule has 4 aromatic rings. The number of aryl methyl sites for hydroxylation is 3. The van der Waals surface area contributed by atoms with E-state index in [1.165, 1.54) is 24.1 Å². The maximum Gasteiger partial charge on any atom is 0.258 e. The summed E-state index contributed by atoms with van der Waals surface area (Å²) in [5.41, 5.74) is 4.44. The number of fused-ring (bicyclic) bond motifs is 2. The minimum atomic E-state index is -0.143. The summed E-state index contributed by atoms with van der Waals surface area (Å²) in [6.45, 7) is 2.53. The second-order valence-electron chi connectivity index (χ2n) is 7.71. The van der Waals surface area contributed by atoms with Crippen molar-refractivity contribution in [2.24, 2.45) is 0 Å². The first-order chi connectivity index (χ1) is 14.7. The molecule has 30 heavy (non-hydrogen) atoms. The van der Waals surface area contributed by atoms with E-state index in [1.807, 2.05) is 48.0 Å². The molecule has 0 fully saturated rings. The SMILES string of the molecule is Cc1ccnn1Cc1cc(C(=O)Nc2nc3c(s2)CCCCC3)c2ccccc2n1. The average molecular weight is 418 g/mol. The number of benzene rings is 1. The molecule has 0 atom stereocenters. The van der Waals surface area contributed by atoms with E-state index in [-0.39, 0.29) is 5.91 Å². The lowest BCUT2D eigenvalue weighted by molar-refractivity contribution is 0.102. The van der Waals surface area contributed by atoms with E-state index in [0.717, 1.165) is 40.8 Å². The molecule has 0 spiro atoms. The summed E-state index contributed by atoms with van der Waals surface area (Å²) in [5.74, 6) is -0.143. The fourth-order valence-electron chi connectivity index (χ4n) is 3.96. The van der Waals surface area contributed by atoms with Crippen molar-refractivity contribution >= 4 is 33.3 Å². The van der Waals surface area contributed by atoms with Crippen LogP contribution in [-0.4, -0.2) is 25.7 Å². The molecule has 0 saturated carbocycles. The van der Waals surface area contributed by atoms with Gasteiger partial charge in [-0.05, 0) is 50.8 Å². The number of anilines is 1. The number of rotatable bonds is 4. The van der Waals surface area contributed by atoms with Crippen LogP contribution in [0.5, 0.6) is 0 Å². The lowest BCUT2D eigenvalue weighted by Gasteiger charge is -2.10. The van der Waals surface area contributed by atoms with E-state index in [9.17, 15) is 4.79 Å². The average Bonchev–Trinajstić information content (AvgIpc) is 3.25. The van der Waals surface area contributed by atoms with E-state index >= 15 is 0 Å². The standard InChI is InChI=1S/C23H23N5OS/c1-15-11-12-24-28(15)14-16-13-18(17-7-5-6-8-19(17)25-16)22(29)27-23-26-20-9-3-2-4-10-21(20)30-23/h5-8,11-13H,2-4,9-10,14H2,1H3,(H,26,27,29). The highest BCUT2D eigenvalue weighted by Crippen LogP contribution is 2.29. The monoisotopic (exact) mass is 417 g/mol. The fraction of sp³-hybridized carbons (Fsp3) is 0.304. The van der Waals surface area contributed by atoms with E-state index in [2.05, 4.69) is 10.4 Å². The van der Waals surface area contributed by atoms with Gasteiger partial charge in [-0.15, -0.1) is 11.3 Å². The predicted octanol–water partition coefficient (Wildman–Crippen LogP) is 4.77. The van der Waals surface area contributed by atoms with Gasteiger partial charge in [0.1, 0.15) is 0 Å². The number of hydrogen-bond acceptors (Lipinski definition) is 5. The lowest BCUT2D eigenvalue weighted by atomic mass is 10.1. The molecule has 5 rings (SSSR count). The van der Waals surface area contributed by atoms with Crippen molar-refractivity contribution in [2.45, 2.75) is 45.6 Å². The van der Waals surface area contributed by atoms with Crippen molar-refractivity contribution in [3.05, 3.63) is 70.1 Å². The van der Waals surface area contributed by atoms with Crippen molar-refractivity contribution in [3.8, 4) is 0 Å². The Labute approximate surface area is 179 Å². The number of amides is 1. The molecule has 6 nitrogen and oxygen atoms in total. The van der Waals surface area contributed by atoms with E-state index in [4.69, 9.17) is 9.97 Å². The summed E-state index contributed by atoms with van der Waals surface area (Å²) >= 11 is 1.61. The zero-order valence-corrected chi connectivity index (χ0v) is 17.7. The van der Waals surface area contributed by atoms with Crippen LogP contribution >= 0.6 is 11.3 Å². The number of para-hydroxylation sites is 1. The molecule has 3 aromatic heterocycles. The smallest absolute Gasteiger partial charge is 0.258 e. The molecular weight excluding hydrogens is 394 g/mol. The van der Waals surface area contributed by atoms with Crippen LogP contribution in [0.4, 0.5) is 5.13 Å². The second-order valence-corrected chi connectivity index (χ2v) is 8.80. The molecule has 3 heterocycles. The van der Waals surface area contributed by atoms with Gasteiger partial charge in [-0.2, -0.15) is 5.10 Å². The summed E-state index contributed by atoms with van der Waals surface area (Å²) in [5, 5.41) is 8.92. The molecule has 0 radical (unpaired) electrons. The van der Waals surface area contributed by atoms with Gasteiger partial charge in [0.05, 0.1) is 29.0 Å². The number of carbonyl (C=O) groups is 1. The van der Waals surface area contributed by atoms with Gasteiger partial charge in [-0.1, -0.05) is 24.6 Å². The van der Waals surface area contributed by atoms with Crippen LogP contribution in [0.25, 0.3) is 10.9 Å². The van der Waals surface area contributed by atoms with Crippen LogP contribution < -0.4 is 5.32 Å². The quantitative estimate of drug-likeness (QED) is 0.486. The van der Waals surface area contributed by atoms with Gasteiger partial charge in [0.25, 0.3) is 5.91 Å². The van der Waals surface area contributed by atoms with Crippen molar-refractivity contribution in [1.29, 1.82) is 0 Å². The summed E-state index contributed by atoms with van der Waals surface area (Å²) in [4.78, 5) is 24.0. The van der Waals surface area contributed by atoms with Crippen molar-refractivity contribution in [1.82, 2.24) is 19.7 Å². The van der Waals surface area contributed by atoms with Crippen LogP contribution in [0, 0.1) is 6.92 Å². The summed E-state index contributed by atoms with van der Waals surface area (Å²) in [6, 6.07) is 11.6. The van der Waals surface area contributed by atoms with Crippen LogP contribution in [0.2, 0.25) is 0 Å². The zero-order chi connectivity index (χ0) is 20.5. The van der Waals surface area contributed by atoms with Gasteiger partial charge in [-0.25, -0.2) is 4.98 Å². The van der Waals surface area contributed by atoms with E-state index in [1.54, 1.807) is 17.5 Å². The highest BCUT2D eigenvalue weighted by Gasteiger charge is 2.18. The molecule has 0 unspecified atom stereocenters. The second kappa shape index (κ2) is 7.99. The molecule has 152 valence electrons. The van der Waals surface area contributed by atoms with Gasteiger partial charge < -0.3 is 0 Å². The number of pyridine rings is 1. The third-order valence-electron chi connectivity index (χ3n) is 5.57. The van der Waals surface area contributed by atoms with Crippen molar-refractivity contribution in [3.63, 3.8) is 0 Å². The molecule has 1 aromatic carbocycles. The molecule has 1 N–H and O–H groups in total. The zero-order valence-electron chi connectivity index (χ0n) is 16.9. The van der Waals surface area contributed by atoms with E-state index in [0.29, 0.717) is 17.2 Å². The minimum Gasteiger partial charge on any atom is -0.298 e. The lowest BCUT2D eigenvalue weighted by Crippen LogP contribution is -2.14. The first-order valence-corrected chi connectivity index (χ1v) is 11.2. The number of carbonyl (C=O) groups excluding carboxylic acids is 1. The van der Waals surface area contributed by atoms with Gasteiger partial charge in [0, 0.05) is 22.2 Å². The van der Waals surface area contributed by atoms with Crippen LogP contribution in [0.15, 0.2) is 42.6 Å². The molecule has 1 aliphatic rings. The molecule has 0 saturated heterocycles. The number of nitrogens with one attached hydrogen (secondary N) is 1. The predicted molar refractivity (Wildman–Crippen MR) is 119 cm³/mol. The topological polar surface area (TPSA) is 72.7 Å². The maximum atomic E-state index is 13.2. The van der Waals surface area contributed by atoms with Gasteiger partial charge >= 0.3 is 0 Å². The van der Waals surface area contributed by atoms with E-state index < -0.39 is 0 Å². The normalized spacial score (nSPS) is 13.8. The molecule has 1 amide bonds. The molecular formula is C23H23N5OS. The van der Waals surface area contributed by atoms with Crippen molar-refractivity contribution in [2.75, 3.05) is 5.32 Å². The fourth-order valence-corrected chi connectivity index (χ4v) is 5.01. The summed E-state index contributed by atoms with van der Waals surface area (Å²) in [7, 11) is 0. The molecule has 0 aliphatic heterocycles. The highest BCUT2D eigenvalue weighted by molar-refractivity contribution is 7.15. The van der Waals surface area contributed by atoms with Crippen LogP contribution in [0.1, 0.15) is 51.6 Å². The maximum absolute atomic E-state index is 13.2. The first kappa shape index (κ1) is 18.9. The Kier molecular flexibility index (Phi) is 5.04. The van der Waals surface area contributed by atoms with Gasteiger partial charge in [0.2, 0.25) is 0 Å². The van der Waals surface area contributed by atoms with Crippen LogP contribution in [0.3, 0.4) is 0 Å². The number of nitrogens with zero attached hydrogens (tertiary/aromatic N) is 4. The highest BCUT2D eigenvalue weighted by atomic mass is 32.1. The third-order valence-corrected chi connectivity index (χ3v) is 6.64. The van der Waals surface area contributed by atoms with Crippen molar-refractivity contribution < 1.29 is 4.79 Å². The Bertz CT molecular complexity index is 1200. The first-order valence-electron chi connectivity index (χ1n) is 10.3. The number of thiazole rings is 1. The molecule has 7 heteroatoms. The minimum absolute atomic E-state index is 0.143. The Balaban J connectivity index is 1.48. The number of hydrogen-bond donors (Lipinski definition) is 1. The molecule has 0 bridgehead atoms. The van der Waals surface area contributed by atoms with Crippen LogP contribution in [-0.2, 0) is 19.4 Å². The summed E-state index contributed by atoms with van der Waals surface area (Å²) < 4.78 is 1.89. The Hall–Kier alpha value is -3.06. The Morgan fingerprint density at radius 3 is 2.87 bits per heavy atom. The summed E-state index contributed by atoms with van der Waals surface area (Å²) in [6.07, 6.45) is 7.48. The molecule has 1 aliphatic carbocycles. The third kappa shape index (κ3) is 3.73. The largest absolute Gasteiger partial charge is 0.298 e. The Morgan fingerprint density at radius 2 is 2.00 bits per heavy atom. The van der Waals surface area contributed by atoms with Gasteiger partial charge in [-0.3, -0.25) is 19.8 Å². The van der Waals surface area contributed by atoms with Gasteiger partial charge in [0.15, 0.2) is 5.13 Å².